The van der Waals surface area contributed by atoms with Crippen molar-refractivity contribution in [3.8, 4) is 0 Å². The molecule has 6 heteroatoms. The van der Waals surface area contributed by atoms with E-state index in [4.69, 9.17) is 9.47 Å². The molecule has 2 aliphatic heterocycles. The van der Waals surface area contributed by atoms with E-state index in [0.29, 0.717) is 0 Å². The molecular formula is C15H30N4O2. The third-order valence-corrected chi connectivity index (χ3v) is 4.04. The highest BCUT2D eigenvalue weighted by Gasteiger charge is 2.29. The standard InChI is InChI=1S/C15H30N4O2/c1-3-16-14(18-13-15(2)5-4-10-21-15)17-6-7-19-8-11-20-12-9-19/h3-13H2,1-2H3,(H2,16,17,18). The highest BCUT2D eigenvalue weighted by Crippen LogP contribution is 2.24. The van der Waals surface area contributed by atoms with Crippen molar-refractivity contribution in [2.75, 3.05) is 59.1 Å². The van der Waals surface area contributed by atoms with Crippen LogP contribution < -0.4 is 10.6 Å². The fraction of sp³-hybridized carbons (Fsp3) is 0.933. The summed E-state index contributed by atoms with van der Waals surface area (Å²) in [5, 5.41) is 6.71. The Balaban J connectivity index is 1.72. The molecule has 2 heterocycles. The number of guanidine groups is 1. The van der Waals surface area contributed by atoms with Crippen LogP contribution in [0.5, 0.6) is 0 Å². The molecule has 0 radical (unpaired) electrons. The van der Waals surface area contributed by atoms with Gasteiger partial charge in [-0.3, -0.25) is 9.89 Å². The summed E-state index contributed by atoms with van der Waals surface area (Å²) in [4.78, 5) is 7.09. The molecule has 0 aliphatic carbocycles. The number of hydrogen-bond acceptors (Lipinski definition) is 4. The van der Waals surface area contributed by atoms with Gasteiger partial charge in [0, 0.05) is 39.3 Å². The van der Waals surface area contributed by atoms with Gasteiger partial charge in [-0.05, 0) is 26.7 Å². The van der Waals surface area contributed by atoms with E-state index in [9.17, 15) is 0 Å². The maximum absolute atomic E-state index is 5.78. The van der Waals surface area contributed by atoms with Crippen LogP contribution in [0.4, 0.5) is 0 Å². The summed E-state index contributed by atoms with van der Waals surface area (Å²) in [6.45, 7) is 12.4. The average Bonchev–Trinajstić information content (AvgIpc) is 2.93. The van der Waals surface area contributed by atoms with Gasteiger partial charge in [-0.1, -0.05) is 0 Å². The number of nitrogens with one attached hydrogen (secondary N) is 2. The minimum Gasteiger partial charge on any atom is -0.379 e. The first kappa shape index (κ1) is 16.5. The average molecular weight is 298 g/mol. The minimum absolute atomic E-state index is 0.0768. The first-order chi connectivity index (χ1) is 10.2. The Bertz CT molecular complexity index is 324. The second kappa shape index (κ2) is 8.56. The largest absolute Gasteiger partial charge is 0.379 e. The van der Waals surface area contributed by atoms with E-state index in [2.05, 4.69) is 34.4 Å². The van der Waals surface area contributed by atoms with Crippen molar-refractivity contribution in [2.24, 2.45) is 4.99 Å². The molecular weight excluding hydrogens is 268 g/mol. The third kappa shape index (κ3) is 5.80. The number of hydrogen-bond donors (Lipinski definition) is 2. The summed E-state index contributed by atoms with van der Waals surface area (Å²) in [6.07, 6.45) is 2.25. The smallest absolute Gasteiger partial charge is 0.191 e. The molecule has 0 aromatic heterocycles. The number of morpholine rings is 1. The molecule has 0 saturated carbocycles. The molecule has 1 unspecified atom stereocenters. The maximum Gasteiger partial charge on any atom is 0.191 e. The van der Waals surface area contributed by atoms with Gasteiger partial charge < -0.3 is 20.1 Å². The molecule has 122 valence electrons. The molecule has 2 saturated heterocycles. The molecule has 0 amide bonds. The lowest BCUT2D eigenvalue weighted by Crippen LogP contribution is -2.45. The van der Waals surface area contributed by atoms with Gasteiger partial charge in [0.05, 0.1) is 25.4 Å². The van der Waals surface area contributed by atoms with Gasteiger partial charge in [-0.25, -0.2) is 0 Å². The van der Waals surface area contributed by atoms with Crippen molar-refractivity contribution >= 4 is 5.96 Å². The molecule has 2 aliphatic rings. The van der Waals surface area contributed by atoms with Crippen LogP contribution in [0.15, 0.2) is 4.99 Å². The number of nitrogens with zero attached hydrogens (tertiary/aromatic N) is 2. The van der Waals surface area contributed by atoms with Gasteiger partial charge in [0.15, 0.2) is 5.96 Å². The summed E-state index contributed by atoms with van der Waals surface area (Å²) in [5.41, 5.74) is -0.0768. The topological polar surface area (TPSA) is 58.1 Å². The van der Waals surface area contributed by atoms with E-state index in [-0.39, 0.29) is 5.60 Å². The second-order valence-corrected chi connectivity index (χ2v) is 5.98. The molecule has 0 aromatic rings. The first-order valence-corrected chi connectivity index (χ1v) is 8.18. The van der Waals surface area contributed by atoms with Gasteiger partial charge in [0.1, 0.15) is 0 Å². The predicted octanol–water partition coefficient (Wildman–Crippen LogP) is 0.443. The van der Waals surface area contributed by atoms with Gasteiger partial charge >= 0.3 is 0 Å². The third-order valence-electron chi connectivity index (χ3n) is 4.04. The molecule has 0 aromatic carbocycles. The zero-order chi connectivity index (χ0) is 15.0. The Hall–Kier alpha value is -0.850. The first-order valence-electron chi connectivity index (χ1n) is 8.18. The van der Waals surface area contributed by atoms with E-state index in [1.165, 1.54) is 0 Å². The summed E-state index contributed by atoms with van der Waals surface area (Å²) in [6, 6.07) is 0. The van der Waals surface area contributed by atoms with Gasteiger partial charge in [-0.15, -0.1) is 0 Å². The maximum atomic E-state index is 5.78. The summed E-state index contributed by atoms with van der Waals surface area (Å²) < 4.78 is 11.1. The zero-order valence-electron chi connectivity index (χ0n) is 13.5. The van der Waals surface area contributed by atoms with Crippen molar-refractivity contribution < 1.29 is 9.47 Å². The molecule has 2 fully saturated rings. The molecule has 2 rings (SSSR count). The van der Waals surface area contributed by atoms with Crippen LogP contribution >= 0.6 is 0 Å². The SMILES string of the molecule is CCNC(=NCC1(C)CCCO1)NCCN1CCOCC1. The Morgan fingerprint density at radius 3 is 2.71 bits per heavy atom. The van der Waals surface area contributed by atoms with Crippen LogP contribution in [0.1, 0.15) is 26.7 Å². The lowest BCUT2D eigenvalue weighted by molar-refractivity contribution is 0.0283. The van der Waals surface area contributed by atoms with E-state index in [1.54, 1.807) is 0 Å². The highest BCUT2D eigenvalue weighted by molar-refractivity contribution is 5.79. The molecule has 0 spiro atoms. The summed E-state index contributed by atoms with van der Waals surface area (Å²) in [5.74, 6) is 0.891. The molecule has 1 atom stereocenters. The quantitative estimate of drug-likeness (QED) is 0.550. The highest BCUT2D eigenvalue weighted by atomic mass is 16.5. The van der Waals surface area contributed by atoms with Crippen LogP contribution in [-0.2, 0) is 9.47 Å². The second-order valence-electron chi connectivity index (χ2n) is 5.98. The van der Waals surface area contributed by atoms with Crippen LogP contribution in [0.2, 0.25) is 0 Å². The van der Waals surface area contributed by atoms with Crippen LogP contribution in [0.3, 0.4) is 0 Å². The van der Waals surface area contributed by atoms with Crippen molar-refractivity contribution in [1.82, 2.24) is 15.5 Å². The molecule has 2 N–H and O–H groups in total. The van der Waals surface area contributed by atoms with Gasteiger partial charge in [0.25, 0.3) is 0 Å². The van der Waals surface area contributed by atoms with Crippen LogP contribution in [0.25, 0.3) is 0 Å². The molecule has 0 bridgehead atoms. The number of ether oxygens (including phenoxy) is 2. The summed E-state index contributed by atoms with van der Waals surface area (Å²) in [7, 11) is 0. The lowest BCUT2D eigenvalue weighted by Gasteiger charge is -2.27. The van der Waals surface area contributed by atoms with Gasteiger partial charge in [-0.2, -0.15) is 0 Å². The molecule has 6 nitrogen and oxygen atoms in total. The number of aliphatic imine (C=N–C) groups is 1. The molecule has 21 heavy (non-hydrogen) atoms. The Morgan fingerprint density at radius 1 is 1.24 bits per heavy atom. The monoisotopic (exact) mass is 298 g/mol. The Morgan fingerprint density at radius 2 is 2.05 bits per heavy atom. The zero-order valence-corrected chi connectivity index (χ0v) is 13.5. The van der Waals surface area contributed by atoms with Crippen molar-refractivity contribution in [3.63, 3.8) is 0 Å². The van der Waals surface area contributed by atoms with E-state index < -0.39 is 0 Å². The van der Waals surface area contributed by atoms with Crippen molar-refractivity contribution in [1.29, 1.82) is 0 Å². The van der Waals surface area contributed by atoms with Crippen LogP contribution in [-0.4, -0.2) is 75.5 Å². The fourth-order valence-corrected chi connectivity index (χ4v) is 2.71. The minimum atomic E-state index is -0.0768. The Kier molecular flexibility index (Phi) is 6.73. The normalized spacial score (nSPS) is 27.8. The van der Waals surface area contributed by atoms with E-state index in [0.717, 1.165) is 77.9 Å². The Labute approximate surface area is 128 Å². The van der Waals surface area contributed by atoms with Crippen molar-refractivity contribution in [2.45, 2.75) is 32.3 Å². The van der Waals surface area contributed by atoms with Crippen LogP contribution in [0, 0.1) is 0 Å². The summed E-state index contributed by atoms with van der Waals surface area (Å²) >= 11 is 0. The predicted molar refractivity (Wildman–Crippen MR) is 84.8 cm³/mol. The lowest BCUT2D eigenvalue weighted by atomic mass is 10.0. The van der Waals surface area contributed by atoms with Crippen molar-refractivity contribution in [3.05, 3.63) is 0 Å². The van der Waals surface area contributed by atoms with E-state index >= 15 is 0 Å². The fourth-order valence-electron chi connectivity index (χ4n) is 2.71. The number of rotatable bonds is 6. The van der Waals surface area contributed by atoms with E-state index in [1.807, 2.05) is 0 Å². The van der Waals surface area contributed by atoms with Gasteiger partial charge in [0.2, 0.25) is 0 Å².